The van der Waals surface area contributed by atoms with Crippen molar-refractivity contribution in [2.24, 2.45) is 5.73 Å². The molecule has 1 aliphatic rings. The Morgan fingerprint density at radius 2 is 1.88 bits per heavy atom. The monoisotopic (exact) mass is 382 g/mol. The summed E-state index contributed by atoms with van der Waals surface area (Å²) in [5.74, 6) is 0.537. The number of rotatable bonds is 2. The van der Waals surface area contributed by atoms with Crippen molar-refractivity contribution in [3.05, 3.63) is 81.3 Å². The number of H-pyrrole nitrogens is 1. The summed E-state index contributed by atoms with van der Waals surface area (Å²) in [6, 6.07) is 17.0. The van der Waals surface area contributed by atoms with Gasteiger partial charge in [0.2, 0.25) is 11.8 Å². The van der Waals surface area contributed by atoms with Gasteiger partial charge in [0.25, 0.3) is 0 Å². The smallest absolute Gasteiger partial charge is 0.243 e. The van der Waals surface area contributed by atoms with Crippen LogP contribution in [-0.4, -0.2) is 9.97 Å². The summed E-state index contributed by atoms with van der Waals surface area (Å²) in [5, 5.41) is 10.4. The third-order valence-electron chi connectivity index (χ3n) is 4.19. The van der Waals surface area contributed by atoms with Crippen LogP contribution in [0.5, 0.6) is 5.88 Å². The van der Waals surface area contributed by atoms with E-state index >= 15 is 0 Å². The van der Waals surface area contributed by atoms with Crippen LogP contribution in [0.25, 0.3) is 11.4 Å². The van der Waals surface area contributed by atoms with Crippen LogP contribution in [0.2, 0.25) is 10.0 Å². The fraction of sp³-hybridized carbons (Fsp3) is 0.0526. The molecule has 0 saturated heterocycles. The van der Waals surface area contributed by atoms with E-state index < -0.39 is 5.92 Å². The second kappa shape index (κ2) is 6.41. The van der Waals surface area contributed by atoms with E-state index in [4.69, 9.17) is 33.7 Å². The van der Waals surface area contributed by atoms with Crippen molar-refractivity contribution < 1.29 is 4.74 Å². The summed E-state index contributed by atoms with van der Waals surface area (Å²) in [4.78, 5) is 7.76. The summed E-state index contributed by atoms with van der Waals surface area (Å²) in [7, 11) is 0. The zero-order valence-electron chi connectivity index (χ0n) is 13.3. The number of nitriles is 1. The van der Waals surface area contributed by atoms with E-state index in [1.165, 1.54) is 0 Å². The number of halogens is 2. The van der Waals surface area contributed by atoms with Gasteiger partial charge in [-0.3, -0.25) is 0 Å². The zero-order chi connectivity index (χ0) is 18.3. The molecule has 7 heteroatoms. The van der Waals surface area contributed by atoms with Crippen molar-refractivity contribution in [3.8, 4) is 23.3 Å². The topological polar surface area (TPSA) is 87.7 Å². The van der Waals surface area contributed by atoms with Gasteiger partial charge in [0, 0.05) is 5.56 Å². The van der Waals surface area contributed by atoms with Crippen molar-refractivity contribution >= 4 is 23.2 Å². The highest BCUT2D eigenvalue weighted by Gasteiger charge is 2.34. The molecule has 0 radical (unpaired) electrons. The highest BCUT2D eigenvalue weighted by molar-refractivity contribution is 6.42. The van der Waals surface area contributed by atoms with Crippen LogP contribution in [0.15, 0.2) is 60.0 Å². The van der Waals surface area contributed by atoms with Gasteiger partial charge in [-0.15, -0.1) is 0 Å². The van der Waals surface area contributed by atoms with Gasteiger partial charge in [-0.2, -0.15) is 10.2 Å². The Bertz CT molecular complexity index is 1070. The molecule has 0 spiro atoms. The lowest BCUT2D eigenvalue weighted by atomic mass is 9.88. The van der Waals surface area contributed by atoms with E-state index in [-0.39, 0.29) is 5.88 Å². The van der Waals surface area contributed by atoms with Crippen molar-refractivity contribution in [3.63, 3.8) is 0 Å². The van der Waals surface area contributed by atoms with E-state index in [9.17, 15) is 5.26 Å². The number of nitrogens with two attached hydrogens (primary N) is 1. The second-order valence-electron chi connectivity index (χ2n) is 5.77. The number of hydrogen-bond acceptors (Lipinski definition) is 4. The molecule has 4 rings (SSSR count). The molecule has 0 amide bonds. The average Bonchev–Trinajstić information content (AvgIpc) is 3.07. The van der Waals surface area contributed by atoms with Gasteiger partial charge in [0.1, 0.15) is 17.5 Å². The molecule has 1 aliphatic heterocycles. The first-order valence-electron chi connectivity index (χ1n) is 7.76. The van der Waals surface area contributed by atoms with Gasteiger partial charge in [-0.1, -0.05) is 59.6 Å². The number of nitrogens with zero attached hydrogens (tertiary/aromatic N) is 2. The van der Waals surface area contributed by atoms with E-state index in [0.29, 0.717) is 33.0 Å². The summed E-state index contributed by atoms with van der Waals surface area (Å²) in [5.41, 5.74) is 8.58. The molecule has 3 N–H and O–H groups in total. The first kappa shape index (κ1) is 16.5. The summed E-state index contributed by atoms with van der Waals surface area (Å²) < 4.78 is 5.58. The number of ether oxygens (including phenoxy) is 1. The van der Waals surface area contributed by atoms with Gasteiger partial charge in [-0.25, -0.2) is 0 Å². The molecular weight excluding hydrogens is 371 g/mol. The predicted molar refractivity (Wildman–Crippen MR) is 99.8 cm³/mol. The van der Waals surface area contributed by atoms with Crippen molar-refractivity contribution in [2.75, 3.05) is 0 Å². The van der Waals surface area contributed by atoms with E-state index in [2.05, 4.69) is 16.0 Å². The third kappa shape index (κ3) is 2.70. The van der Waals surface area contributed by atoms with Crippen molar-refractivity contribution in [2.45, 2.75) is 5.92 Å². The molecule has 1 aromatic heterocycles. The Kier molecular flexibility index (Phi) is 4.08. The van der Waals surface area contributed by atoms with E-state index in [0.717, 1.165) is 11.1 Å². The Morgan fingerprint density at radius 3 is 2.58 bits per heavy atom. The Hall–Kier alpha value is -2.94. The molecule has 0 aliphatic carbocycles. The Morgan fingerprint density at radius 1 is 1.12 bits per heavy atom. The first-order chi connectivity index (χ1) is 12.6. The number of aromatic amines is 1. The number of fused-ring (bicyclic) bond motifs is 1. The normalized spacial score (nSPS) is 16.0. The minimum absolute atomic E-state index is 0.0298. The number of allylic oxidation sites excluding steroid dienone is 1. The molecule has 5 nitrogen and oxygen atoms in total. The van der Waals surface area contributed by atoms with E-state index in [1.807, 2.05) is 36.4 Å². The highest BCUT2D eigenvalue weighted by atomic mass is 35.5. The van der Waals surface area contributed by atoms with E-state index in [1.54, 1.807) is 12.1 Å². The molecule has 3 aromatic rings. The van der Waals surface area contributed by atoms with Crippen LogP contribution in [0.1, 0.15) is 17.2 Å². The minimum atomic E-state index is -0.469. The largest absolute Gasteiger partial charge is 0.420 e. The minimum Gasteiger partial charge on any atom is -0.420 e. The molecule has 26 heavy (non-hydrogen) atoms. The maximum absolute atomic E-state index is 9.61. The van der Waals surface area contributed by atoms with Gasteiger partial charge in [-0.05, 0) is 17.7 Å². The van der Waals surface area contributed by atoms with Gasteiger partial charge in [0.05, 0.1) is 21.7 Å². The lowest BCUT2D eigenvalue weighted by Gasteiger charge is -2.22. The third-order valence-corrected chi connectivity index (χ3v) is 4.93. The molecule has 1 unspecified atom stereocenters. The second-order valence-corrected chi connectivity index (χ2v) is 6.58. The van der Waals surface area contributed by atoms with Crippen LogP contribution in [-0.2, 0) is 0 Å². The predicted octanol–water partition coefficient (Wildman–Crippen LogP) is 4.60. The van der Waals surface area contributed by atoms with Crippen molar-refractivity contribution in [1.29, 1.82) is 5.26 Å². The standard InChI is InChI=1S/C19H12Cl2N4O/c20-13-7-6-11(8-14(13)21)15-12(9-22)17(23)26-19-16(15)24-18(25-19)10-4-2-1-3-5-10/h1-8,15H,23H2,(H,24,25). The lowest BCUT2D eigenvalue weighted by Crippen LogP contribution is -2.21. The molecule has 0 saturated carbocycles. The number of benzene rings is 2. The molecular formula is C19H12Cl2N4O. The SMILES string of the molecule is N#CC1=C(N)Oc2nc(-c3ccccc3)[nH]c2C1c1ccc(Cl)c(Cl)c1. The maximum atomic E-state index is 9.61. The quantitative estimate of drug-likeness (QED) is 0.677. The maximum Gasteiger partial charge on any atom is 0.243 e. The molecule has 1 atom stereocenters. The fourth-order valence-electron chi connectivity index (χ4n) is 2.97. The summed E-state index contributed by atoms with van der Waals surface area (Å²) in [6.45, 7) is 0. The number of hydrogen-bond donors (Lipinski definition) is 2. The van der Waals surface area contributed by atoms with Crippen LogP contribution in [0, 0.1) is 11.3 Å². The van der Waals surface area contributed by atoms with Crippen LogP contribution in [0.4, 0.5) is 0 Å². The molecule has 2 aromatic carbocycles. The molecule has 0 fully saturated rings. The molecule has 0 bridgehead atoms. The fourth-order valence-corrected chi connectivity index (χ4v) is 3.27. The van der Waals surface area contributed by atoms with Gasteiger partial charge in [0.15, 0.2) is 0 Å². The van der Waals surface area contributed by atoms with Crippen LogP contribution >= 0.6 is 23.2 Å². The number of aromatic nitrogens is 2. The average molecular weight is 383 g/mol. The van der Waals surface area contributed by atoms with Crippen LogP contribution < -0.4 is 10.5 Å². The number of nitrogens with one attached hydrogen (secondary N) is 1. The van der Waals surface area contributed by atoms with Gasteiger partial charge < -0.3 is 15.5 Å². The first-order valence-corrected chi connectivity index (χ1v) is 8.52. The summed E-state index contributed by atoms with van der Waals surface area (Å²) in [6.07, 6.45) is 0. The molecule has 128 valence electrons. The highest BCUT2D eigenvalue weighted by Crippen LogP contribution is 2.42. The molecule has 2 heterocycles. The Balaban J connectivity index is 1.89. The summed E-state index contributed by atoms with van der Waals surface area (Å²) >= 11 is 12.2. The Labute approximate surface area is 159 Å². The van der Waals surface area contributed by atoms with Crippen molar-refractivity contribution in [1.82, 2.24) is 9.97 Å². The number of imidazole rings is 1. The van der Waals surface area contributed by atoms with Gasteiger partial charge >= 0.3 is 0 Å². The lowest BCUT2D eigenvalue weighted by molar-refractivity contribution is 0.380. The van der Waals surface area contributed by atoms with Crippen LogP contribution in [0.3, 0.4) is 0 Å². The zero-order valence-corrected chi connectivity index (χ0v) is 14.8.